The molecule has 0 aromatic heterocycles. The van der Waals surface area contributed by atoms with E-state index in [-0.39, 0.29) is 17.8 Å². The van der Waals surface area contributed by atoms with Crippen LogP contribution in [0, 0.1) is 14.7 Å². The molecule has 8 heteroatoms. The lowest BCUT2D eigenvalue weighted by Gasteiger charge is -2.18. The van der Waals surface area contributed by atoms with Gasteiger partial charge in [0.25, 0.3) is 0 Å². The van der Waals surface area contributed by atoms with Crippen molar-refractivity contribution >= 4 is 17.3 Å². The van der Waals surface area contributed by atoms with Crippen molar-refractivity contribution in [1.82, 2.24) is 0 Å². The third kappa shape index (κ3) is 2.86. The first kappa shape index (κ1) is 13.7. The molecule has 1 atom stereocenters. The third-order valence-electron chi connectivity index (χ3n) is 2.38. The summed E-state index contributed by atoms with van der Waals surface area (Å²) in [7, 11) is 0. The smallest absolute Gasteiger partial charge is 0.306 e. The van der Waals surface area contributed by atoms with E-state index in [1.165, 1.54) is 25.1 Å². The molecule has 0 aliphatic carbocycles. The average Bonchev–Trinajstić information content (AvgIpc) is 2.36. The maximum Gasteiger partial charge on any atom is 0.306 e. The lowest BCUT2D eigenvalue weighted by atomic mass is 9.93. The van der Waals surface area contributed by atoms with Crippen molar-refractivity contribution in [3.8, 4) is 0 Å². The summed E-state index contributed by atoms with van der Waals surface area (Å²) >= 11 is 0. The van der Waals surface area contributed by atoms with Crippen LogP contribution in [0.2, 0.25) is 0 Å². The second kappa shape index (κ2) is 5.32. The van der Waals surface area contributed by atoms with E-state index in [0.717, 1.165) is 0 Å². The van der Waals surface area contributed by atoms with E-state index in [4.69, 9.17) is 5.73 Å². The number of hydrogen-bond donors (Lipinski definition) is 1. The Morgan fingerprint density at radius 3 is 2.33 bits per heavy atom. The first-order chi connectivity index (χ1) is 8.44. The fraction of sp³-hybridized carbons (Fsp3) is 0.300. The van der Waals surface area contributed by atoms with Gasteiger partial charge < -0.3 is 5.73 Å². The Labute approximate surface area is 101 Å². The standard InChI is InChI=1S/C10H10N4O4/c1-10(11,9(15)14-18)5-6-2-3-7(12-16)8(4-6)13-17/h2-4H,5,11H2,1H3. The van der Waals surface area contributed by atoms with Gasteiger partial charge >= 0.3 is 5.91 Å². The predicted molar refractivity (Wildman–Crippen MR) is 64.5 cm³/mol. The molecular formula is C10H10N4O4. The van der Waals surface area contributed by atoms with Gasteiger partial charge in [0.05, 0.1) is 0 Å². The van der Waals surface area contributed by atoms with Crippen molar-refractivity contribution in [2.24, 2.45) is 21.3 Å². The highest BCUT2D eigenvalue weighted by Gasteiger charge is 2.29. The zero-order valence-corrected chi connectivity index (χ0v) is 9.49. The van der Waals surface area contributed by atoms with Gasteiger partial charge in [-0.25, -0.2) is 0 Å². The highest BCUT2D eigenvalue weighted by molar-refractivity contribution is 5.86. The number of hydrogen-bond acceptors (Lipinski definition) is 7. The van der Waals surface area contributed by atoms with E-state index < -0.39 is 11.4 Å². The highest BCUT2D eigenvalue weighted by Crippen LogP contribution is 2.29. The van der Waals surface area contributed by atoms with Crippen LogP contribution in [-0.2, 0) is 11.2 Å². The quantitative estimate of drug-likeness (QED) is 0.798. The second-order valence-electron chi connectivity index (χ2n) is 4.00. The molecular weight excluding hydrogens is 240 g/mol. The van der Waals surface area contributed by atoms with Crippen LogP contribution in [0.1, 0.15) is 12.5 Å². The zero-order chi connectivity index (χ0) is 13.8. The number of nitrogens with zero attached hydrogens (tertiary/aromatic N) is 3. The van der Waals surface area contributed by atoms with Gasteiger partial charge in [-0.2, -0.15) is 0 Å². The van der Waals surface area contributed by atoms with Crippen LogP contribution in [-0.4, -0.2) is 11.4 Å². The number of amides is 1. The fourth-order valence-electron chi connectivity index (χ4n) is 1.43. The molecule has 0 saturated carbocycles. The molecule has 1 aromatic rings. The van der Waals surface area contributed by atoms with Crippen LogP contribution in [0.3, 0.4) is 0 Å². The van der Waals surface area contributed by atoms with E-state index in [1.54, 1.807) is 0 Å². The molecule has 94 valence electrons. The number of benzene rings is 1. The minimum Gasteiger partial charge on any atom is -0.317 e. The lowest BCUT2D eigenvalue weighted by molar-refractivity contribution is -0.122. The van der Waals surface area contributed by atoms with Crippen LogP contribution in [0.15, 0.2) is 33.7 Å². The van der Waals surface area contributed by atoms with Gasteiger partial charge in [0, 0.05) is 5.18 Å². The number of rotatable bonds is 5. The summed E-state index contributed by atoms with van der Waals surface area (Å²) < 4.78 is 0. The van der Waals surface area contributed by atoms with Crippen molar-refractivity contribution in [3.63, 3.8) is 0 Å². The number of nitroso groups, excluding NO2 is 3. The molecule has 0 bridgehead atoms. The van der Waals surface area contributed by atoms with Gasteiger partial charge in [-0.15, -0.1) is 14.7 Å². The Bertz CT molecular complexity index is 513. The Kier molecular flexibility index (Phi) is 4.05. The summed E-state index contributed by atoms with van der Waals surface area (Å²) in [5, 5.41) is 7.53. The Balaban J connectivity index is 3.05. The zero-order valence-electron chi connectivity index (χ0n) is 9.49. The number of carbonyl (C=O) groups is 1. The van der Waals surface area contributed by atoms with E-state index in [1.807, 2.05) is 0 Å². The van der Waals surface area contributed by atoms with Crippen molar-refractivity contribution in [1.29, 1.82) is 0 Å². The van der Waals surface area contributed by atoms with E-state index >= 15 is 0 Å². The molecule has 2 N–H and O–H groups in total. The largest absolute Gasteiger partial charge is 0.317 e. The van der Waals surface area contributed by atoms with Crippen molar-refractivity contribution in [2.45, 2.75) is 18.9 Å². The van der Waals surface area contributed by atoms with Gasteiger partial charge in [0.2, 0.25) is 0 Å². The maximum absolute atomic E-state index is 11.2. The van der Waals surface area contributed by atoms with E-state index in [9.17, 15) is 19.5 Å². The number of nitrogens with two attached hydrogens (primary N) is 1. The molecule has 1 amide bonds. The summed E-state index contributed by atoms with van der Waals surface area (Å²) in [6, 6.07) is 4.04. The normalized spacial score (nSPS) is 13.4. The average molecular weight is 250 g/mol. The van der Waals surface area contributed by atoms with Crippen molar-refractivity contribution in [3.05, 3.63) is 38.5 Å². The highest BCUT2D eigenvalue weighted by atomic mass is 16.3. The fourth-order valence-corrected chi connectivity index (χ4v) is 1.43. The van der Waals surface area contributed by atoms with Gasteiger partial charge in [0.15, 0.2) is 0 Å². The van der Waals surface area contributed by atoms with Crippen LogP contribution >= 0.6 is 0 Å². The molecule has 1 aromatic carbocycles. The summed E-state index contributed by atoms with van der Waals surface area (Å²) in [6.07, 6.45) is -0.0147. The maximum atomic E-state index is 11.2. The van der Waals surface area contributed by atoms with Crippen molar-refractivity contribution < 1.29 is 4.79 Å². The van der Waals surface area contributed by atoms with E-state index in [0.29, 0.717) is 5.56 Å². The van der Waals surface area contributed by atoms with Crippen LogP contribution in [0.5, 0.6) is 0 Å². The lowest BCUT2D eigenvalue weighted by Crippen LogP contribution is -2.45. The van der Waals surface area contributed by atoms with E-state index in [2.05, 4.69) is 15.5 Å². The first-order valence-corrected chi connectivity index (χ1v) is 4.91. The van der Waals surface area contributed by atoms with Gasteiger partial charge in [-0.05, 0) is 41.4 Å². The molecule has 8 nitrogen and oxygen atoms in total. The second-order valence-corrected chi connectivity index (χ2v) is 4.00. The molecule has 1 unspecified atom stereocenters. The molecule has 1 rings (SSSR count). The molecule has 18 heavy (non-hydrogen) atoms. The van der Waals surface area contributed by atoms with Crippen molar-refractivity contribution in [2.75, 3.05) is 0 Å². The first-order valence-electron chi connectivity index (χ1n) is 4.91. The van der Waals surface area contributed by atoms with Gasteiger partial charge in [-0.1, -0.05) is 6.07 Å². The van der Waals surface area contributed by atoms with Crippen LogP contribution in [0.4, 0.5) is 11.4 Å². The number of carbonyl (C=O) groups excluding carboxylic acids is 1. The van der Waals surface area contributed by atoms with Crippen LogP contribution in [0.25, 0.3) is 0 Å². The summed E-state index contributed by atoms with van der Waals surface area (Å²) in [6.45, 7) is 1.34. The van der Waals surface area contributed by atoms with Crippen LogP contribution < -0.4 is 5.73 Å². The monoisotopic (exact) mass is 250 g/mol. The Hall–Kier alpha value is -2.35. The molecule has 0 fully saturated rings. The third-order valence-corrected chi connectivity index (χ3v) is 2.38. The molecule has 0 heterocycles. The molecule has 0 spiro atoms. The Morgan fingerprint density at radius 2 is 1.83 bits per heavy atom. The Morgan fingerprint density at radius 1 is 1.22 bits per heavy atom. The molecule has 0 radical (unpaired) electrons. The summed E-state index contributed by atoms with van der Waals surface area (Å²) in [5.41, 5.74) is 4.37. The SMILES string of the molecule is CC(N)(Cc1ccc(N=O)c(N=O)c1)C(=O)N=O. The molecule has 0 aliphatic heterocycles. The minimum absolute atomic E-state index is 0.0147. The summed E-state index contributed by atoms with van der Waals surface area (Å²) in [4.78, 5) is 42.2. The summed E-state index contributed by atoms with van der Waals surface area (Å²) in [5.74, 6) is -0.999. The topological polar surface area (TPSA) is 131 Å². The molecule has 0 saturated heterocycles. The molecule has 0 aliphatic rings. The van der Waals surface area contributed by atoms with Gasteiger partial charge in [-0.3, -0.25) is 4.79 Å². The minimum atomic E-state index is -1.47. The predicted octanol–water partition coefficient (Wildman–Crippen LogP) is 2.04. The van der Waals surface area contributed by atoms with Gasteiger partial charge in [0.1, 0.15) is 16.9 Å².